The summed E-state index contributed by atoms with van der Waals surface area (Å²) < 4.78 is 0. The third-order valence-electron chi connectivity index (χ3n) is 2.10. The zero-order valence-corrected chi connectivity index (χ0v) is 10.5. The van der Waals surface area contributed by atoms with Crippen LogP contribution in [0.25, 0.3) is 0 Å². The fourth-order valence-corrected chi connectivity index (χ4v) is 1.18. The minimum absolute atomic E-state index is 0.0626. The molecule has 0 saturated heterocycles. The molecular weight excluding hydrogens is 228 g/mol. The Morgan fingerprint density at radius 1 is 1.61 bits per heavy atom. The van der Waals surface area contributed by atoms with E-state index in [-0.39, 0.29) is 11.6 Å². The molecule has 5 nitrogen and oxygen atoms in total. The second-order valence-corrected chi connectivity index (χ2v) is 4.04. The molecule has 1 aromatic heterocycles. The normalized spacial score (nSPS) is 10.9. The van der Waals surface area contributed by atoms with Crippen molar-refractivity contribution >= 4 is 5.91 Å². The molecule has 1 amide bonds. The predicted molar refractivity (Wildman–Crippen MR) is 68.1 cm³/mol. The van der Waals surface area contributed by atoms with Crippen LogP contribution in [0, 0.1) is 11.3 Å². The van der Waals surface area contributed by atoms with Crippen LogP contribution in [0.1, 0.15) is 19.4 Å². The van der Waals surface area contributed by atoms with Crippen molar-refractivity contribution in [2.24, 2.45) is 0 Å². The topological polar surface area (TPSA) is 77.8 Å². The van der Waals surface area contributed by atoms with Gasteiger partial charge in [0.15, 0.2) is 0 Å². The van der Waals surface area contributed by atoms with Crippen molar-refractivity contribution in [2.75, 3.05) is 0 Å². The molecule has 0 bridgehead atoms. The zero-order valence-electron chi connectivity index (χ0n) is 10.5. The first-order chi connectivity index (χ1) is 8.63. The van der Waals surface area contributed by atoms with Gasteiger partial charge in [0, 0.05) is 31.2 Å². The van der Waals surface area contributed by atoms with Gasteiger partial charge in [-0.2, -0.15) is 5.26 Å². The van der Waals surface area contributed by atoms with Crippen LogP contribution in [0.5, 0.6) is 0 Å². The summed E-state index contributed by atoms with van der Waals surface area (Å²) in [7, 11) is 0. The van der Waals surface area contributed by atoms with Crippen LogP contribution in [-0.4, -0.2) is 16.9 Å². The Hall–Kier alpha value is -2.35. The van der Waals surface area contributed by atoms with E-state index in [0.717, 1.165) is 5.56 Å². The summed E-state index contributed by atoms with van der Waals surface area (Å²) in [5, 5.41) is 14.5. The van der Waals surface area contributed by atoms with Crippen molar-refractivity contribution < 1.29 is 4.79 Å². The van der Waals surface area contributed by atoms with Crippen molar-refractivity contribution in [3.05, 3.63) is 41.9 Å². The number of hydrogen-bond donors (Lipinski definition) is 2. The quantitative estimate of drug-likeness (QED) is 0.600. The second kappa shape index (κ2) is 7.07. The van der Waals surface area contributed by atoms with Crippen molar-refractivity contribution in [1.82, 2.24) is 15.6 Å². The fraction of sp³-hybridized carbons (Fsp3) is 0.308. The molecule has 0 fully saturated rings. The highest BCUT2D eigenvalue weighted by molar-refractivity contribution is 5.97. The van der Waals surface area contributed by atoms with Crippen LogP contribution in [0.15, 0.2) is 36.3 Å². The van der Waals surface area contributed by atoms with Crippen molar-refractivity contribution in [1.29, 1.82) is 5.26 Å². The number of aromatic nitrogens is 1. The van der Waals surface area contributed by atoms with E-state index >= 15 is 0 Å². The lowest BCUT2D eigenvalue weighted by Gasteiger charge is -2.06. The monoisotopic (exact) mass is 244 g/mol. The molecule has 18 heavy (non-hydrogen) atoms. The number of amides is 1. The standard InChI is InChI=1S/C13H16N4O/c1-10(2)16-9-12(6-14)13(18)17-8-11-4-3-5-15-7-11/h3-5,7,9-10,16H,8H2,1-2H3,(H,17,18)/b12-9-. The first kappa shape index (κ1) is 13.7. The Balaban J connectivity index is 2.54. The van der Waals surface area contributed by atoms with E-state index < -0.39 is 5.91 Å². The highest BCUT2D eigenvalue weighted by atomic mass is 16.1. The smallest absolute Gasteiger partial charge is 0.263 e. The summed E-state index contributed by atoms with van der Waals surface area (Å²) in [5.74, 6) is -0.394. The van der Waals surface area contributed by atoms with Crippen LogP contribution in [-0.2, 0) is 11.3 Å². The maximum absolute atomic E-state index is 11.7. The first-order valence-corrected chi connectivity index (χ1v) is 5.67. The van der Waals surface area contributed by atoms with Crippen LogP contribution < -0.4 is 10.6 Å². The summed E-state index contributed by atoms with van der Waals surface area (Å²) in [4.78, 5) is 15.6. The van der Waals surface area contributed by atoms with Gasteiger partial charge in [-0.1, -0.05) is 6.07 Å². The van der Waals surface area contributed by atoms with Gasteiger partial charge in [0.25, 0.3) is 5.91 Å². The van der Waals surface area contributed by atoms with E-state index in [1.165, 1.54) is 6.20 Å². The number of nitriles is 1. The van der Waals surface area contributed by atoms with Crippen molar-refractivity contribution in [3.8, 4) is 6.07 Å². The number of rotatable bonds is 5. The van der Waals surface area contributed by atoms with Crippen molar-refractivity contribution in [3.63, 3.8) is 0 Å². The van der Waals surface area contributed by atoms with Gasteiger partial charge in [-0.05, 0) is 25.5 Å². The van der Waals surface area contributed by atoms with E-state index in [1.807, 2.05) is 26.0 Å². The number of pyridine rings is 1. The van der Waals surface area contributed by atoms with Crippen LogP contribution >= 0.6 is 0 Å². The van der Waals surface area contributed by atoms with E-state index in [0.29, 0.717) is 6.54 Å². The number of nitrogens with one attached hydrogen (secondary N) is 2. The molecule has 94 valence electrons. The van der Waals surface area contributed by atoms with Crippen LogP contribution in [0.3, 0.4) is 0 Å². The maximum Gasteiger partial charge on any atom is 0.263 e. The van der Waals surface area contributed by atoms with Gasteiger partial charge in [-0.3, -0.25) is 9.78 Å². The summed E-state index contributed by atoms with van der Waals surface area (Å²) in [6.45, 7) is 4.21. The van der Waals surface area contributed by atoms with Crippen LogP contribution in [0.2, 0.25) is 0 Å². The van der Waals surface area contributed by atoms with E-state index in [1.54, 1.807) is 18.5 Å². The van der Waals surface area contributed by atoms with Gasteiger partial charge < -0.3 is 10.6 Å². The molecule has 0 aliphatic heterocycles. The number of hydrogen-bond acceptors (Lipinski definition) is 4. The Kier molecular flexibility index (Phi) is 5.39. The molecule has 0 saturated carbocycles. The summed E-state index contributed by atoms with van der Waals surface area (Å²) >= 11 is 0. The van der Waals surface area contributed by atoms with Gasteiger partial charge in [-0.25, -0.2) is 0 Å². The molecule has 5 heteroatoms. The minimum atomic E-state index is -0.394. The van der Waals surface area contributed by atoms with E-state index in [4.69, 9.17) is 5.26 Å². The Morgan fingerprint density at radius 3 is 2.94 bits per heavy atom. The summed E-state index contributed by atoms with van der Waals surface area (Å²) in [6.07, 6.45) is 4.77. The molecular formula is C13H16N4O. The average molecular weight is 244 g/mol. The Bertz CT molecular complexity index is 460. The fourth-order valence-electron chi connectivity index (χ4n) is 1.18. The Morgan fingerprint density at radius 2 is 2.39 bits per heavy atom. The van der Waals surface area contributed by atoms with Gasteiger partial charge in [0.2, 0.25) is 0 Å². The first-order valence-electron chi connectivity index (χ1n) is 5.67. The predicted octanol–water partition coefficient (Wildman–Crippen LogP) is 1.10. The highest BCUT2D eigenvalue weighted by Crippen LogP contribution is 1.97. The molecule has 0 atom stereocenters. The molecule has 0 spiro atoms. The average Bonchev–Trinajstić information content (AvgIpc) is 2.38. The van der Waals surface area contributed by atoms with Crippen molar-refractivity contribution in [2.45, 2.75) is 26.4 Å². The lowest BCUT2D eigenvalue weighted by atomic mass is 10.2. The number of nitrogens with zero attached hydrogens (tertiary/aromatic N) is 2. The Labute approximate surface area is 107 Å². The molecule has 0 radical (unpaired) electrons. The SMILES string of the molecule is CC(C)N/C=C(/C#N)C(=O)NCc1cccnc1. The third kappa shape index (κ3) is 4.66. The minimum Gasteiger partial charge on any atom is -0.387 e. The molecule has 0 aliphatic rings. The van der Waals surface area contributed by atoms with Crippen LogP contribution in [0.4, 0.5) is 0 Å². The van der Waals surface area contributed by atoms with E-state index in [9.17, 15) is 4.79 Å². The zero-order chi connectivity index (χ0) is 13.4. The molecule has 0 aromatic carbocycles. The second-order valence-electron chi connectivity index (χ2n) is 4.04. The van der Waals surface area contributed by atoms with Gasteiger partial charge in [0.1, 0.15) is 11.6 Å². The number of carbonyl (C=O) groups excluding carboxylic acids is 1. The maximum atomic E-state index is 11.7. The highest BCUT2D eigenvalue weighted by Gasteiger charge is 2.08. The molecule has 1 heterocycles. The van der Waals surface area contributed by atoms with Gasteiger partial charge in [0.05, 0.1) is 0 Å². The summed E-state index contributed by atoms with van der Waals surface area (Å²) in [5.41, 5.74) is 0.951. The molecule has 0 aliphatic carbocycles. The lowest BCUT2D eigenvalue weighted by molar-refractivity contribution is -0.117. The van der Waals surface area contributed by atoms with Gasteiger partial charge in [-0.15, -0.1) is 0 Å². The third-order valence-corrected chi connectivity index (χ3v) is 2.10. The number of carbonyl (C=O) groups is 1. The van der Waals surface area contributed by atoms with Gasteiger partial charge >= 0.3 is 0 Å². The lowest BCUT2D eigenvalue weighted by Crippen LogP contribution is -2.26. The molecule has 0 unspecified atom stereocenters. The molecule has 1 rings (SSSR count). The summed E-state index contributed by atoms with van der Waals surface area (Å²) in [6, 6.07) is 5.70. The van der Waals surface area contributed by atoms with E-state index in [2.05, 4.69) is 15.6 Å². The molecule has 1 aromatic rings. The molecule has 2 N–H and O–H groups in total. The largest absolute Gasteiger partial charge is 0.387 e.